The maximum atomic E-state index is 5.51. The Morgan fingerprint density at radius 1 is 1.28 bits per heavy atom. The van der Waals surface area contributed by atoms with E-state index in [1.807, 2.05) is 7.11 Å². The third-order valence-electron chi connectivity index (χ3n) is 5.31. The molecular formula is C19H38N4OS. The summed E-state index contributed by atoms with van der Waals surface area (Å²) < 4.78 is 5.81. The van der Waals surface area contributed by atoms with Gasteiger partial charge in [0.2, 0.25) is 0 Å². The van der Waals surface area contributed by atoms with Gasteiger partial charge in [-0.1, -0.05) is 0 Å². The Morgan fingerprint density at radius 3 is 2.52 bits per heavy atom. The van der Waals surface area contributed by atoms with Gasteiger partial charge in [-0.2, -0.15) is 11.8 Å². The molecule has 0 spiro atoms. The van der Waals surface area contributed by atoms with Gasteiger partial charge in [-0.15, -0.1) is 0 Å². The fraction of sp³-hybridized carbons (Fsp3) is 0.947. The number of guanidine groups is 1. The first kappa shape index (κ1) is 20.8. The molecule has 0 saturated carbocycles. The molecule has 0 atom stereocenters. The minimum absolute atomic E-state index is 0.0828. The van der Waals surface area contributed by atoms with Crippen LogP contribution in [-0.4, -0.2) is 84.3 Å². The van der Waals surface area contributed by atoms with Crippen molar-refractivity contribution in [2.24, 2.45) is 4.99 Å². The minimum atomic E-state index is 0.0828. The van der Waals surface area contributed by atoms with Gasteiger partial charge >= 0.3 is 0 Å². The zero-order valence-corrected chi connectivity index (χ0v) is 17.9. The lowest BCUT2D eigenvalue weighted by Gasteiger charge is -2.43. The van der Waals surface area contributed by atoms with Crippen molar-refractivity contribution in [2.45, 2.75) is 63.9 Å². The van der Waals surface area contributed by atoms with Crippen molar-refractivity contribution < 1.29 is 4.74 Å². The number of methoxy groups -OCH3 is 1. The number of piperidine rings is 1. The summed E-state index contributed by atoms with van der Waals surface area (Å²) in [6.07, 6.45) is 2.68. The van der Waals surface area contributed by atoms with Crippen LogP contribution in [0.15, 0.2) is 4.99 Å². The van der Waals surface area contributed by atoms with Crippen LogP contribution in [-0.2, 0) is 4.74 Å². The molecule has 0 aromatic carbocycles. The second-order valence-corrected chi connectivity index (χ2v) is 10.2. The van der Waals surface area contributed by atoms with Crippen molar-refractivity contribution >= 4 is 17.7 Å². The third kappa shape index (κ3) is 6.04. The number of aliphatic imine (C=N–C) groups is 1. The van der Waals surface area contributed by atoms with Crippen LogP contribution in [0.5, 0.6) is 0 Å². The van der Waals surface area contributed by atoms with E-state index in [0.717, 1.165) is 58.1 Å². The highest BCUT2D eigenvalue weighted by atomic mass is 32.2. The highest BCUT2D eigenvalue weighted by Crippen LogP contribution is 2.29. The zero-order valence-electron chi connectivity index (χ0n) is 17.1. The molecule has 2 fully saturated rings. The van der Waals surface area contributed by atoms with Gasteiger partial charge in [0.05, 0.1) is 12.6 Å². The smallest absolute Gasteiger partial charge is 0.194 e. The SMILES string of the molecule is CCNC(=NCC(C)(C)N1CCC(OC)CC1)N1CCSC(C)(C)C1. The Morgan fingerprint density at radius 2 is 1.96 bits per heavy atom. The number of hydrogen-bond donors (Lipinski definition) is 1. The molecular weight excluding hydrogens is 332 g/mol. The Labute approximate surface area is 158 Å². The normalized spacial score (nSPS) is 23.8. The second-order valence-electron chi connectivity index (χ2n) is 8.43. The molecule has 0 radical (unpaired) electrons. The zero-order chi connectivity index (χ0) is 18.5. The summed E-state index contributed by atoms with van der Waals surface area (Å²) in [6, 6.07) is 0. The van der Waals surface area contributed by atoms with Crippen LogP contribution in [0.4, 0.5) is 0 Å². The molecule has 0 bridgehead atoms. The van der Waals surface area contributed by atoms with Gasteiger partial charge in [0.15, 0.2) is 5.96 Å². The van der Waals surface area contributed by atoms with Gasteiger partial charge in [-0.25, -0.2) is 0 Å². The molecule has 0 aromatic heterocycles. The average molecular weight is 371 g/mol. The van der Waals surface area contributed by atoms with E-state index in [1.54, 1.807) is 0 Å². The lowest BCUT2D eigenvalue weighted by Crippen LogP contribution is -2.53. The number of thioether (sulfide) groups is 1. The molecule has 2 heterocycles. The van der Waals surface area contributed by atoms with Crippen molar-refractivity contribution in [2.75, 3.05) is 52.1 Å². The van der Waals surface area contributed by atoms with E-state index in [1.165, 1.54) is 5.75 Å². The van der Waals surface area contributed by atoms with Crippen molar-refractivity contribution in [1.29, 1.82) is 0 Å². The number of hydrogen-bond acceptors (Lipinski definition) is 4. The maximum absolute atomic E-state index is 5.51. The topological polar surface area (TPSA) is 40.1 Å². The quantitative estimate of drug-likeness (QED) is 0.595. The van der Waals surface area contributed by atoms with Crippen LogP contribution in [0, 0.1) is 0 Å². The summed E-state index contributed by atoms with van der Waals surface area (Å²) in [7, 11) is 1.83. The molecule has 2 saturated heterocycles. The van der Waals surface area contributed by atoms with Crippen LogP contribution in [0.25, 0.3) is 0 Å². The Balaban J connectivity index is 1.99. The van der Waals surface area contributed by atoms with Gasteiger partial charge in [0.1, 0.15) is 0 Å². The monoisotopic (exact) mass is 370 g/mol. The predicted octanol–water partition coefficient (Wildman–Crippen LogP) is 2.67. The summed E-state index contributed by atoms with van der Waals surface area (Å²) in [6.45, 7) is 17.6. The Hall–Kier alpha value is -0.460. The van der Waals surface area contributed by atoms with Gasteiger partial charge in [0, 0.05) is 55.9 Å². The fourth-order valence-electron chi connectivity index (χ4n) is 3.69. The number of likely N-dealkylation sites (tertiary alicyclic amines) is 1. The van der Waals surface area contributed by atoms with E-state index in [2.05, 4.69) is 61.5 Å². The highest BCUT2D eigenvalue weighted by molar-refractivity contribution is 8.00. The molecule has 2 aliphatic rings. The molecule has 2 rings (SSSR count). The summed E-state index contributed by atoms with van der Waals surface area (Å²) in [5, 5.41) is 3.51. The van der Waals surface area contributed by atoms with Crippen molar-refractivity contribution in [1.82, 2.24) is 15.1 Å². The predicted molar refractivity (Wildman–Crippen MR) is 110 cm³/mol. The largest absolute Gasteiger partial charge is 0.381 e. The Kier molecular flexibility index (Phi) is 7.47. The molecule has 0 unspecified atom stereocenters. The molecule has 1 N–H and O–H groups in total. The maximum Gasteiger partial charge on any atom is 0.194 e. The molecule has 6 heteroatoms. The standard InChI is InChI=1S/C19H38N4OS/c1-7-20-17(22-12-13-25-19(4,5)15-22)21-14-18(2,3)23-10-8-16(24-6)9-11-23/h16H,7-15H2,1-6H3,(H,20,21). The van der Waals surface area contributed by atoms with Gasteiger partial charge in [-0.3, -0.25) is 9.89 Å². The molecule has 146 valence electrons. The highest BCUT2D eigenvalue weighted by Gasteiger charge is 2.32. The van der Waals surface area contributed by atoms with Crippen LogP contribution in [0.1, 0.15) is 47.5 Å². The Bertz CT molecular complexity index is 445. The first-order chi connectivity index (χ1) is 11.8. The van der Waals surface area contributed by atoms with Crippen molar-refractivity contribution in [3.05, 3.63) is 0 Å². The minimum Gasteiger partial charge on any atom is -0.381 e. The summed E-state index contributed by atoms with van der Waals surface area (Å²) in [4.78, 5) is 10.1. The molecule has 0 amide bonds. The lowest BCUT2D eigenvalue weighted by atomic mass is 9.97. The second kappa shape index (κ2) is 8.96. The number of nitrogens with zero attached hydrogens (tertiary/aromatic N) is 3. The van der Waals surface area contributed by atoms with E-state index in [0.29, 0.717) is 10.9 Å². The van der Waals surface area contributed by atoms with Gasteiger partial charge in [0.25, 0.3) is 0 Å². The molecule has 0 aliphatic carbocycles. The van der Waals surface area contributed by atoms with Crippen LogP contribution in [0.2, 0.25) is 0 Å². The van der Waals surface area contributed by atoms with E-state index in [-0.39, 0.29) is 5.54 Å². The van der Waals surface area contributed by atoms with Crippen LogP contribution < -0.4 is 5.32 Å². The summed E-state index contributed by atoms with van der Waals surface area (Å²) in [5.74, 6) is 2.25. The molecule has 25 heavy (non-hydrogen) atoms. The fourth-order valence-corrected chi connectivity index (χ4v) is 4.80. The first-order valence-corrected chi connectivity index (χ1v) is 10.7. The first-order valence-electron chi connectivity index (χ1n) is 9.72. The third-order valence-corrected chi connectivity index (χ3v) is 6.60. The summed E-state index contributed by atoms with van der Waals surface area (Å²) in [5.41, 5.74) is 0.0828. The van der Waals surface area contributed by atoms with E-state index < -0.39 is 0 Å². The number of nitrogens with one attached hydrogen (secondary N) is 1. The van der Waals surface area contributed by atoms with Crippen LogP contribution in [0.3, 0.4) is 0 Å². The lowest BCUT2D eigenvalue weighted by molar-refractivity contribution is 0.00903. The van der Waals surface area contributed by atoms with Gasteiger partial charge < -0.3 is 15.0 Å². The van der Waals surface area contributed by atoms with E-state index in [4.69, 9.17) is 9.73 Å². The molecule has 5 nitrogen and oxygen atoms in total. The summed E-state index contributed by atoms with van der Waals surface area (Å²) >= 11 is 2.06. The van der Waals surface area contributed by atoms with Crippen LogP contribution >= 0.6 is 11.8 Å². The number of rotatable bonds is 5. The van der Waals surface area contributed by atoms with Crippen molar-refractivity contribution in [3.8, 4) is 0 Å². The average Bonchev–Trinajstić information content (AvgIpc) is 2.57. The van der Waals surface area contributed by atoms with Gasteiger partial charge in [-0.05, 0) is 47.5 Å². The van der Waals surface area contributed by atoms with Crippen molar-refractivity contribution in [3.63, 3.8) is 0 Å². The number of ether oxygens (including phenoxy) is 1. The molecule has 0 aromatic rings. The van der Waals surface area contributed by atoms with E-state index in [9.17, 15) is 0 Å². The molecule has 2 aliphatic heterocycles. The van der Waals surface area contributed by atoms with E-state index >= 15 is 0 Å².